The minimum atomic E-state index is -0.142. The SMILES string of the molecule is CC1(C)CCC[C@H](N2CCC(n3nccc3NC(=O)c3cccnc3)CC2)C1. The van der Waals surface area contributed by atoms with Gasteiger partial charge in [0.1, 0.15) is 5.82 Å². The average molecular weight is 382 g/mol. The summed E-state index contributed by atoms with van der Waals surface area (Å²) in [5.74, 6) is 0.628. The second-order valence-corrected chi connectivity index (χ2v) is 9.04. The first-order chi connectivity index (χ1) is 13.5. The Bertz CT molecular complexity index is 792. The van der Waals surface area contributed by atoms with Crippen molar-refractivity contribution < 1.29 is 4.79 Å². The number of carbonyl (C=O) groups excluding carboxylic acids is 1. The molecule has 150 valence electrons. The number of rotatable bonds is 4. The van der Waals surface area contributed by atoms with Crippen LogP contribution < -0.4 is 5.32 Å². The number of carbonyl (C=O) groups is 1. The highest BCUT2D eigenvalue weighted by Gasteiger charge is 2.33. The van der Waals surface area contributed by atoms with Crippen LogP contribution >= 0.6 is 0 Å². The molecule has 1 atom stereocenters. The van der Waals surface area contributed by atoms with Crippen molar-refractivity contribution in [3.63, 3.8) is 0 Å². The predicted molar refractivity (Wildman–Crippen MR) is 110 cm³/mol. The van der Waals surface area contributed by atoms with Gasteiger partial charge in [-0.05, 0) is 49.7 Å². The molecule has 2 aromatic heterocycles. The van der Waals surface area contributed by atoms with Crippen LogP contribution in [-0.4, -0.2) is 44.7 Å². The van der Waals surface area contributed by atoms with E-state index in [0.29, 0.717) is 17.0 Å². The van der Waals surface area contributed by atoms with Crippen LogP contribution in [0.5, 0.6) is 0 Å². The summed E-state index contributed by atoms with van der Waals surface area (Å²) in [6.07, 6.45) is 12.5. The molecule has 1 saturated carbocycles. The third kappa shape index (κ3) is 4.27. The molecule has 0 unspecified atom stereocenters. The van der Waals surface area contributed by atoms with Crippen molar-refractivity contribution in [1.82, 2.24) is 19.7 Å². The maximum absolute atomic E-state index is 12.5. The van der Waals surface area contributed by atoms with E-state index in [0.717, 1.165) is 37.8 Å². The predicted octanol–water partition coefficient (Wildman–Crippen LogP) is 4.14. The number of nitrogens with zero attached hydrogens (tertiary/aromatic N) is 4. The first kappa shape index (κ1) is 19.1. The molecule has 6 nitrogen and oxygen atoms in total. The lowest BCUT2D eigenvalue weighted by Crippen LogP contribution is -2.45. The molecule has 2 aliphatic rings. The molecule has 2 aromatic rings. The molecule has 0 spiro atoms. The topological polar surface area (TPSA) is 63.1 Å². The van der Waals surface area contributed by atoms with Crippen molar-refractivity contribution in [1.29, 1.82) is 0 Å². The summed E-state index contributed by atoms with van der Waals surface area (Å²) >= 11 is 0. The van der Waals surface area contributed by atoms with E-state index in [4.69, 9.17) is 0 Å². The zero-order valence-electron chi connectivity index (χ0n) is 17.0. The van der Waals surface area contributed by atoms with Crippen molar-refractivity contribution in [2.45, 2.75) is 64.5 Å². The van der Waals surface area contributed by atoms with Gasteiger partial charge in [0, 0.05) is 37.6 Å². The van der Waals surface area contributed by atoms with E-state index in [1.165, 1.54) is 25.7 Å². The number of amides is 1. The summed E-state index contributed by atoms with van der Waals surface area (Å²) < 4.78 is 2.00. The maximum atomic E-state index is 12.5. The highest BCUT2D eigenvalue weighted by atomic mass is 16.1. The highest BCUT2D eigenvalue weighted by Crippen LogP contribution is 2.38. The van der Waals surface area contributed by atoms with Crippen LogP contribution in [0, 0.1) is 5.41 Å². The van der Waals surface area contributed by atoms with Crippen molar-refractivity contribution in [3.05, 3.63) is 42.4 Å². The molecule has 3 heterocycles. The van der Waals surface area contributed by atoms with Gasteiger partial charge in [0.2, 0.25) is 0 Å². The lowest BCUT2D eigenvalue weighted by molar-refractivity contribution is 0.0656. The normalized spacial score (nSPS) is 23.4. The molecule has 28 heavy (non-hydrogen) atoms. The number of nitrogens with one attached hydrogen (secondary N) is 1. The van der Waals surface area contributed by atoms with Gasteiger partial charge in [0.05, 0.1) is 17.8 Å². The fourth-order valence-corrected chi connectivity index (χ4v) is 4.86. The largest absolute Gasteiger partial charge is 0.307 e. The maximum Gasteiger partial charge on any atom is 0.258 e. The molecule has 2 fully saturated rings. The summed E-state index contributed by atoms with van der Waals surface area (Å²) in [6, 6.07) is 6.49. The molecular formula is C22H31N5O. The first-order valence-corrected chi connectivity index (χ1v) is 10.5. The summed E-state index contributed by atoms with van der Waals surface area (Å²) in [5.41, 5.74) is 1.04. The number of hydrogen-bond acceptors (Lipinski definition) is 4. The molecule has 0 radical (unpaired) electrons. The molecular weight excluding hydrogens is 350 g/mol. The van der Waals surface area contributed by atoms with Gasteiger partial charge in [-0.25, -0.2) is 4.68 Å². The van der Waals surface area contributed by atoms with Gasteiger partial charge in [-0.2, -0.15) is 5.10 Å². The smallest absolute Gasteiger partial charge is 0.258 e. The van der Waals surface area contributed by atoms with Crippen LogP contribution in [0.3, 0.4) is 0 Å². The molecule has 4 rings (SSSR count). The Balaban J connectivity index is 1.37. The standard InChI is InChI=1S/C22H31N5O/c1-22(2)10-3-6-19(15-22)26-13-8-18(9-14-26)27-20(7-12-24-27)25-21(28)17-5-4-11-23-16-17/h4-5,7,11-12,16,18-19H,3,6,8-10,13-15H2,1-2H3,(H,25,28)/t19-/m0/s1. The highest BCUT2D eigenvalue weighted by molar-refractivity contribution is 6.03. The Hall–Kier alpha value is -2.21. The molecule has 0 aromatic carbocycles. The van der Waals surface area contributed by atoms with Crippen molar-refractivity contribution >= 4 is 11.7 Å². The lowest BCUT2D eigenvalue weighted by atomic mass is 9.74. The summed E-state index contributed by atoms with van der Waals surface area (Å²) in [4.78, 5) is 19.2. The number of anilines is 1. The average Bonchev–Trinajstić information content (AvgIpc) is 3.16. The Morgan fingerprint density at radius 1 is 1.14 bits per heavy atom. The quantitative estimate of drug-likeness (QED) is 0.865. The van der Waals surface area contributed by atoms with Gasteiger partial charge in [-0.15, -0.1) is 0 Å². The molecule has 1 N–H and O–H groups in total. The monoisotopic (exact) mass is 381 g/mol. The van der Waals surface area contributed by atoms with Crippen molar-refractivity contribution in [2.24, 2.45) is 5.41 Å². The fourth-order valence-electron chi connectivity index (χ4n) is 4.86. The third-order valence-corrected chi connectivity index (χ3v) is 6.38. The van der Waals surface area contributed by atoms with Crippen LogP contribution in [0.1, 0.15) is 68.8 Å². The van der Waals surface area contributed by atoms with Crippen molar-refractivity contribution in [2.75, 3.05) is 18.4 Å². The number of hydrogen-bond donors (Lipinski definition) is 1. The molecule has 1 aliphatic heterocycles. The third-order valence-electron chi connectivity index (χ3n) is 6.38. The number of aromatic nitrogens is 3. The van der Waals surface area contributed by atoms with Crippen LogP contribution in [0.15, 0.2) is 36.8 Å². The second kappa shape index (κ2) is 8.03. The van der Waals surface area contributed by atoms with E-state index < -0.39 is 0 Å². The summed E-state index contributed by atoms with van der Waals surface area (Å²) in [7, 11) is 0. The summed E-state index contributed by atoms with van der Waals surface area (Å²) in [6.45, 7) is 7.04. The number of likely N-dealkylation sites (tertiary alicyclic amines) is 1. The van der Waals surface area contributed by atoms with Crippen LogP contribution in [0.25, 0.3) is 0 Å². The van der Waals surface area contributed by atoms with E-state index >= 15 is 0 Å². The Labute approximate surface area is 167 Å². The van der Waals surface area contributed by atoms with E-state index in [-0.39, 0.29) is 5.91 Å². The van der Waals surface area contributed by atoms with Crippen molar-refractivity contribution in [3.8, 4) is 0 Å². The summed E-state index contributed by atoms with van der Waals surface area (Å²) in [5, 5.41) is 7.51. The van der Waals surface area contributed by atoms with E-state index in [2.05, 4.69) is 34.1 Å². The fraction of sp³-hybridized carbons (Fsp3) is 0.591. The minimum Gasteiger partial charge on any atom is -0.307 e. The molecule has 0 bridgehead atoms. The van der Waals surface area contributed by atoms with Crippen LogP contribution in [0.2, 0.25) is 0 Å². The second-order valence-electron chi connectivity index (χ2n) is 9.04. The van der Waals surface area contributed by atoms with E-state index in [1.807, 2.05) is 10.7 Å². The van der Waals surface area contributed by atoms with Crippen LogP contribution in [0.4, 0.5) is 5.82 Å². The molecule has 6 heteroatoms. The Morgan fingerprint density at radius 2 is 1.96 bits per heavy atom. The van der Waals surface area contributed by atoms with Crippen LogP contribution in [-0.2, 0) is 0 Å². The molecule has 1 amide bonds. The van der Waals surface area contributed by atoms with Gasteiger partial charge in [-0.3, -0.25) is 9.78 Å². The van der Waals surface area contributed by atoms with E-state index in [1.54, 1.807) is 30.7 Å². The Morgan fingerprint density at radius 3 is 2.68 bits per heavy atom. The number of piperidine rings is 1. The number of pyridine rings is 1. The van der Waals surface area contributed by atoms with Gasteiger partial charge >= 0.3 is 0 Å². The van der Waals surface area contributed by atoms with E-state index in [9.17, 15) is 4.79 Å². The zero-order chi connectivity index (χ0) is 19.6. The molecule has 1 saturated heterocycles. The van der Waals surface area contributed by atoms with Gasteiger partial charge in [-0.1, -0.05) is 20.3 Å². The van der Waals surface area contributed by atoms with Gasteiger partial charge in [0.25, 0.3) is 5.91 Å². The van der Waals surface area contributed by atoms with Gasteiger partial charge in [0.15, 0.2) is 0 Å². The van der Waals surface area contributed by atoms with Gasteiger partial charge < -0.3 is 10.2 Å². The molecule has 1 aliphatic carbocycles. The minimum absolute atomic E-state index is 0.142. The lowest BCUT2D eigenvalue weighted by Gasteiger charge is -2.44. The Kier molecular flexibility index (Phi) is 5.49. The first-order valence-electron chi connectivity index (χ1n) is 10.5. The zero-order valence-corrected chi connectivity index (χ0v) is 17.0.